The van der Waals surface area contributed by atoms with Crippen LogP contribution in [0.1, 0.15) is 50.7 Å². The molecule has 0 radical (unpaired) electrons. The molecule has 2 aliphatic carbocycles. The first-order valence-electron chi connectivity index (χ1n) is 12.2. The highest BCUT2D eigenvalue weighted by Gasteiger charge is 2.43. The summed E-state index contributed by atoms with van der Waals surface area (Å²) < 4.78 is 5.55. The molecule has 0 heterocycles. The molecule has 0 aromatic heterocycles. The highest BCUT2D eigenvalue weighted by atomic mass is 16.5. The molecule has 2 aliphatic rings. The highest BCUT2D eigenvalue weighted by Crippen LogP contribution is 2.44. The molecule has 0 spiro atoms. The molecule has 0 saturated heterocycles. The zero-order chi connectivity index (χ0) is 25.2. The summed E-state index contributed by atoms with van der Waals surface area (Å²) >= 11 is 0. The maximum absolute atomic E-state index is 12.4. The number of carboxylic acids is 1. The molecule has 2 aromatic rings. The van der Waals surface area contributed by atoms with E-state index in [4.69, 9.17) is 4.74 Å². The lowest BCUT2D eigenvalue weighted by atomic mass is 9.84. The lowest BCUT2D eigenvalue weighted by molar-refractivity contribution is -0.142. The SMILES string of the molecule is CC(C)(C)CC(CNC(=O)[C@@H]1C[C@@H]1CNC(=O)OCC1c2ccccc2-c2ccccc21)C(=O)O. The zero-order valence-electron chi connectivity index (χ0n) is 20.5. The summed E-state index contributed by atoms with van der Waals surface area (Å²) in [6, 6.07) is 16.4. The number of hydrogen-bond donors (Lipinski definition) is 3. The van der Waals surface area contributed by atoms with Crippen LogP contribution in [0, 0.1) is 23.2 Å². The largest absolute Gasteiger partial charge is 0.481 e. The molecule has 2 aromatic carbocycles. The first-order chi connectivity index (χ1) is 16.6. The fourth-order valence-electron chi connectivity index (χ4n) is 5.00. The van der Waals surface area contributed by atoms with E-state index in [0.717, 1.165) is 11.1 Å². The van der Waals surface area contributed by atoms with E-state index in [1.165, 1.54) is 11.1 Å². The van der Waals surface area contributed by atoms with Crippen molar-refractivity contribution < 1.29 is 24.2 Å². The Kier molecular flexibility index (Phi) is 7.15. The third-order valence-corrected chi connectivity index (χ3v) is 6.84. The standard InChI is InChI=1S/C28H34N2O5/c1-28(2,3)13-18(26(32)33)15-29-25(31)23-12-17(23)14-30-27(34)35-16-24-21-10-6-4-8-19(21)20-9-5-7-11-22(20)24/h4-11,17-18,23-24H,12-16H2,1-3H3,(H,29,31)(H,30,34)(H,32,33)/t17-,18?,23-/m1/s1. The molecular formula is C28H34N2O5. The topological polar surface area (TPSA) is 105 Å². The van der Waals surface area contributed by atoms with E-state index in [1.54, 1.807) is 0 Å². The van der Waals surface area contributed by atoms with Gasteiger partial charge in [0.2, 0.25) is 5.91 Å². The number of fused-ring (bicyclic) bond motifs is 3. The Morgan fingerprint density at radius 2 is 1.60 bits per heavy atom. The van der Waals surface area contributed by atoms with E-state index < -0.39 is 18.0 Å². The highest BCUT2D eigenvalue weighted by molar-refractivity contribution is 5.82. The second kappa shape index (κ2) is 10.1. The Morgan fingerprint density at radius 3 is 2.17 bits per heavy atom. The smallest absolute Gasteiger partial charge is 0.407 e. The summed E-state index contributed by atoms with van der Waals surface area (Å²) in [5.74, 6) is -1.82. The number of benzene rings is 2. The lowest BCUT2D eigenvalue weighted by Gasteiger charge is -2.23. The van der Waals surface area contributed by atoms with Crippen LogP contribution in [0.15, 0.2) is 48.5 Å². The quantitative estimate of drug-likeness (QED) is 0.495. The van der Waals surface area contributed by atoms with Crippen LogP contribution in [0.25, 0.3) is 11.1 Å². The summed E-state index contributed by atoms with van der Waals surface area (Å²) in [6.07, 6.45) is 0.668. The first-order valence-corrected chi connectivity index (χ1v) is 12.2. The van der Waals surface area contributed by atoms with Crippen LogP contribution in [-0.2, 0) is 14.3 Å². The van der Waals surface area contributed by atoms with Crippen LogP contribution in [0.5, 0.6) is 0 Å². The number of hydrogen-bond acceptors (Lipinski definition) is 4. The van der Waals surface area contributed by atoms with Gasteiger partial charge in [-0.25, -0.2) is 4.79 Å². The van der Waals surface area contributed by atoms with E-state index in [9.17, 15) is 19.5 Å². The van der Waals surface area contributed by atoms with Gasteiger partial charge in [-0.05, 0) is 46.4 Å². The predicted molar refractivity (Wildman–Crippen MR) is 133 cm³/mol. The monoisotopic (exact) mass is 478 g/mol. The van der Waals surface area contributed by atoms with E-state index in [2.05, 4.69) is 34.9 Å². The minimum Gasteiger partial charge on any atom is -0.481 e. The molecule has 0 bridgehead atoms. The third-order valence-electron chi connectivity index (χ3n) is 6.84. The Labute approximate surface area is 206 Å². The van der Waals surface area contributed by atoms with Gasteiger partial charge in [0.1, 0.15) is 6.61 Å². The maximum atomic E-state index is 12.4. The first kappa shape index (κ1) is 24.8. The summed E-state index contributed by atoms with van der Waals surface area (Å²) in [5.41, 5.74) is 4.54. The van der Waals surface area contributed by atoms with E-state index >= 15 is 0 Å². The molecule has 1 unspecified atom stereocenters. The van der Waals surface area contributed by atoms with Crippen LogP contribution in [-0.4, -0.2) is 42.8 Å². The second-order valence-corrected chi connectivity index (χ2v) is 10.9. The summed E-state index contributed by atoms with van der Waals surface area (Å²) in [6.45, 7) is 6.68. The number of carbonyl (C=O) groups excluding carboxylic acids is 2. The average Bonchev–Trinajstić information content (AvgIpc) is 3.53. The normalized spacial score (nSPS) is 19.3. The van der Waals surface area contributed by atoms with Crippen molar-refractivity contribution in [2.45, 2.75) is 39.5 Å². The van der Waals surface area contributed by atoms with Gasteiger partial charge in [0, 0.05) is 24.9 Å². The average molecular weight is 479 g/mol. The van der Waals surface area contributed by atoms with Crippen LogP contribution < -0.4 is 10.6 Å². The van der Waals surface area contributed by atoms with Crippen molar-refractivity contribution in [3.63, 3.8) is 0 Å². The molecule has 186 valence electrons. The fourth-order valence-corrected chi connectivity index (χ4v) is 5.00. The van der Waals surface area contributed by atoms with Gasteiger partial charge in [-0.1, -0.05) is 69.3 Å². The molecule has 7 heteroatoms. The summed E-state index contributed by atoms with van der Waals surface area (Å²) in [5, 5.41) is 15.0. The number of nitrogens with one attached hydrogen (secondary N) is 2. The van der Waals surface area contributed by atoms with Gasteiger partial charge in [0.25, 0.3) is 0 Å². The van der Waals surface area contributed by atoms with Gasteiger partial charge in [-0.15, -0.1) is 0 Å². The molecule has 7 nitrogen and oxygen atoms in total. The van der Waals surface area contributed by atoms with Crippen molar-refractivity contribution >= 4 is 18.0 Å². The maximum Gasteiger partial charge on any atom is 0.407 e. The molecule has 1 fully saturated rings. The number of aliphatic carboxylic acids is 1. The Morgan fingerprint density at radius 1 is 1.00 bits per heavy atom. The van der Waals surface area contributed by atoms with Gasteiger partial charge in [0.15, 0.2) is 0 Å². The number of carbonyl (C=O) groups is 3. The number of amides is 2. The van der Waals surface area contributed by atoms with Crippen molar-refractivity contribution in [2.24, 2.45) is 23.2 Å². The number of carboxylic acid groups (broad SMARTS) is 1. The fraction of sp³-hybridized carbons (Fsp3) is 0.464. The minimum absolute atomic E-state index is 0.00267. The summed E-state index contributed by atoms with van der Waals surface area (Å²) in [4.78, 5) is 36.3. The van der Waals surface area contributed by atoms with Crippen molar-refractivity contribution in [2.75, 3.05) is 19.7 Å². The Bertz CT molecular complexity index is 1060. The molecule has 0 aliphatic heterocycles. The summed E-state index contributed by atoms with van der Waals surface area (Å²) in [7, 11) is 0. The number of rotatable bonds is 9. The van der Waals surface area contributed by atoms with E-state index in [0.29, 0.717) is 19.4 Å². The lowest BCUT2D eigenvalue weighted by Crippen LogP contribution is -2.36. The van der Waals surface area contributed by atoms with Crippen LogP contribution in [0.2, 0.25) is 0 Å². The van der Waals surface area contributed by atoms with E-state index in [1.807, 2.05) is 45.0 Å². The minimum atomic E-state index is -0.899. The van der Waals surface area contributed by atoms with Crippen molar-refractivity contribution in [1.82, 2.24) is 10.6 Å². The third kappa shape index (κ3) is 6.02. The van der Waals surface area contributed by atoms with Crippen molar-refractivity contribution in [3.8, 4) is 11.1 Å². The molecular weight excluding hydrogens is 444 g/mol. The van der Waals surface area contributed by atoms with Gasteiger partial charge in [0.05, 0.1) is 5.92 Å². The van der Waals surface area contributed by atoms with Crippen LogP contribution in [0.3, 0.4) is 0 Å². The number of alkyl carbamates (subject to hydrolysis) is 1. The molecule has 2 amide bonds. The molecule has 3 N–H and O–H groups in total. The molecule has 3 atom stereocenters. The predicted octanol–water partition coefficient (Wildman–Crippen LogP) is 4.41. The van der Waals surface area contributed by atoms with Gasteiger partial charge in [-0.3, -0.25) is 9.59 Å². The molecule has 1 saturated carbocycles. The second-order valence-electron chi connectivity index (χ2n) is 10.9. The zero-order valence-corrected chi connectivity index (χ0v) is 20.5. The number of ether oxygens (including phenoxy) is 1. The van der Waals surface area contributed by atoms with E-state index in [-0.39, 0.29) is 42.2 Å². The van der Waals surface area contributed by atoms with Crippen molar-refractivity contribution in [3.05, 3.63) is 59.7 Å². The van der Waals surface area contributed by atoms with Gasteiger partial charge < -0.3 is 20.5 Å². The van der Waals surface area contributed by atoms with Gasteiger partial charge >= 0.3 is 12.1 Å². The Hall–Kier alpha value is -3.35. The molecule has 4 rings (SSSR count). The van der Waals surface area contributed by atoms with Gasteiger partial charge in [-0.2, -0.15) is 0 Å². The van der Waals surface area contributed by atoms with Crippen LogP contribution >= 0.6 is 0 Å². The Balaban J connectivity index is 1.21. The molecule has 35 heavy (non-hydrogen) atoms. The van der Waals surface area contributed by atoms with Crippen molar-refractivity contribution in [1.29, 1.82) is 0 Å². The van der Waals surface area contributed by atoms with Crippen LogP contribution in [0.4, 0.5) is 4.79 Å².